The standard InChI is InChI=1S/C24H29N3O3/c28-24(20-30-22-8-2-1-3-9-22)11-5-13-26(19-24)18-21-7-4-10-23(17-21)29-16-15-27-14-6-12-25-27/h1-4,6-10,12,14,17,28H,5,11,13,15-16,18-20H2/t24-/m0/s1. The van der Waals surface area contributed by atoms with E-state index < -0.39 is 5.60 Å². The molecule has 1 N–H and O–H groups in total. The van der Waals surface area contributed by atoms with Gasteiger partial charge in [-0.05, 0) is 55.3 Å². The molecule has 0 aliphatic carbocycles. The number of piperidine rings is 1. The summed E-state index contributed by atoms with van der Waals surface area (Å²) in [4.78, 5) is 2.29. The molecule has 0 bridgehead atoms. The Balaban J connectivity index is 1.29. The molecule has 1 aliphatic rings. The number of rotatable bonds is 9. The predicted molar refractivity (Wildman–Crippen MR) is 116 cm³/mol. The molecule has 3 aromatic rings. The molecule has 2 heterocycles. The maximum absolute atomic E-state index is 11.0. The minimum Gasteiger partial charge on any atom is -0.492 e. The SMILES string of the molecule is O[C@@]1(COc2ccccc2)CCCN(Cc2cccc(OCCn3cccn3)c2)C1. The van der Waals surface area contributed by atoms with E-state index >= 15 is 0 Å². The lowest BCUT2D eigenvalue weighted by Gasteiger charge is -2.39. The molecule has 2 aromatic carbocycles. The van der Waals surface area contributed by atoms with Crippen molar-refractivity contribution in [2.24, 2.45) is 0 Å². The van der Waals surface area contributed by atoms with Gasteiger partial charge in [-0.2, -0.15) is 5.10 Å². The van der Waals surface area contributed by atoms with Gasteiger partial charge in [-0.1, -0.05) is 30.3 Å². The third kappa shape index (κ3) is 5.84. The molecule has 0 saturated carbocycles. The predicted octanol–water partition coefficient (Wildman–Crippen LogP) is 3.37. The van der Waals surface area contributed by atoms with Gasteiger partial charge in [-0.15, -0.1) is 0 Å². The van der Waals surface area contributed by atoms with Crippen molar-refractivity contribution >= 4 is 0 Å². The number of likely N-dealkylation sites (tertiary alicyclic amines) is 1. The van der Waals surface area contributed by atoms with Crippen molar-refractivity contribution in [3.8, 4) is 11.5 Å². The first-order chi connectivity index (χ1) is 14.7. The minimum atomic E-state index is -0.827. The smallest absolute Gasteiger partial charge is 0.119 e. The maximum atomic E-state index is 11.0. The van der Waals surface area contributed by atoms with Gasteiger partial charge in [0.25, 0.3) is 0 Å². The van der Waals surface area contributed by atoms with Gasteiger partial charge < -0.3 is 14.6 Å². The van der Waals surface area contributed by atoms with Crippen LogP contribution in [0.1, 0.15) is 18.4 Å². The molecule has 1 fully saturated rings. The van der Waals surface area contributed by atoms with E-state index in [2.05, 4.69) is 22.1 Å². The van der Waals surface area contributed by atoms with E-state index in [9.17, 15) is 5.11 Å². The average molecular weight is 408 g/mol. The summed E-state index contributed by atoms with van der Waals surface area (Å²) in [7, 11) is 0. The van der Waals surface area contributed by atoms with Gasteiger partial charge in [0.1, 0.15) is 30.3 Å². The Bertz CT molecular complexity index is 901. The monoisotopic (exact) mass is 407 g/mol. The molecule has 4 rings (SSSR count). The molecule has 6 nitrogen and oxygen atoms in total. The molecule has 1 atom stereocenters. The lowest BCUT2D eigenvalue weighted by molar-refractivity contribution is -0.0621. The third-order valence-electron chi connectivity index (χ3n) is 5.34. The van der Waals surface area contributed by atoms with Crippen LogP contribution in [0, 0.1) is 0 Å². The molecule has 0 amide bonds. The first-order valence-corrected chi connectivity index (χ1v) is 10.5. The number of ether oxygens (including phenoxy) is 2. The highest BCUT2D eigenvalue weighted by atomic mass is 16.5. The molecule has 1 aliphatic heterocycles. The minimum absolute atomic E-state index is 0.310. The Morgan fingerprint density at radius 1 is 1.00 bits per heavy atom. The Labute approximate surface area is 177 Å². The van der Waals surface area contributed by atoms with Crippen molar-refractivity contribution < 1.29 is 14.6 Å². The first kappa shape index (κ1) is 20.4. The van der Waals surface area contributed by atoms with Crippen LogP contribution in [-0.4, -0.2) is 51.7 Å². The fraction of sp³-hybridized carbons (Fsp3) is 0.375. The number of β-amino-alcohol motifs (C(OH)–C–C–N with tert-alkyl or cyclic N) is 1. The molecule has 0 unspecified atom stereocenters. The average Bonchev–Trinajstić information content (AvgIpc) is 3.27. The van der Waals surface area contributed by atoms with Crippen LogP contribution in [0.2, 0.25) is 0 Å². The van der Waals surface area contributed by atoms with Gasteiger partial charge in [-0.25, -0.2) is 0 Å². The van der Waals surface area contributed by atoms with E-state index in [1.165, 1.54) is 5.56 Å². The second-order valence-corrected chi connectivity index (χ2v) is 7.91. The summed E-state index contributed by atoms with van der Waals surface area (Å²) in [5, 5.41) is 15.2. The zero-order valence-corrected chi connectivity index (χ0v) is 17.2. The van der Waals surface area contributed by atoms with Gasteiger partial charge in [0, 0.05) is 25.5 Å². The largest absolute Gasteiger partial charge is 0.492 e. The molecule has 6 heteroatoms. The number of nitrogens with zero attached hydrogens (tertiary/aromatic N) is 3. The lowest BCUT2D eigenvalue weighted by atomic mass is 9.93. The third-order valence-corrected chi connectivity index (χ3v) is 5.34. The van der Waals surface area contributed by atoms with Crippen LogP contribution in [0.5, 0.6) is 11.5 Å². The molecule has 0 spiro atoms. The van der Waals surface area contributed by atoms with Crippen molar-refractivity contribution in [3.63, 3.8) is 0 Å². The van der Waals surface area contributed by atoms with E-state index in [0.29, 0.717) is 19.8 Å². The van der Waals surface area contributed by atoms with E-state index in [-0.39, 0.29) is 0 Å². The Hall–Kier alpha value is -2.83. The summed E-state index contributed by atoms with van der Waals surface area (Å²) in [5.41, 5.74) is 0.353. The van der Waals surface area contributed by atoms with Crippen molar-refractivity contribution in [3.05, 3.63) is 78.6 Å². The van der Waals surface area contributed by atoms with Crippen LogP contribution in [-0.2, 0) is 13.1 Å². The summed E-state index contributed by atoms with van der Waals surface area (Å²) >= 11 is 0. The lowest BCUT2D eigenvalue weighted by Crippen LogP contribution is -2.51. The fourth-order valence-corrected chi connectivity index (χ4v) is 3.87. The van der Waals surface area contributed by atoms with E-state index in [4.69, 9.17) is 9.47 Å². The van der Waals surface area contributed by atoms with Crippen LogP contribution in [0.15, 0.2) is 73.1 Å². The van der Waals surface area contributed by atoms with Crippen LogP contribution in [0.25, 0.3) is 0 Å². The van der Waals surface area contributed by atoms with Crippen LogP contribution >= 0.6 is 0 Å². The second kappa shape index (κ2) is 9.78. The highest BCUT2D eigenvalue weighted by Crippen LogP contribution is 2.25. The summed E-state index contributed by atoms with van der Waals surface area (Å²) in [6.45, 7) is 3.96. The van der Waals surface area contributed by atoms with Crippen LogP contribution < -0.4 is 9.47 Å². The molecule has 0 radical (unpaired) electrons. The second-order valence-electron chi connectivity index (χ2n) is 7.91. The summed E-state index contributed by atoms with van der Waals surface area (Å²) < 4.78 is 13.6. The quantitative estimate of drug-likeness (QED) is 0.589. The van der Waals surface area contributed by atoms with Crippen molar-refractivity contribution in [1.29, 1.82) is 0 Å². The highest BCUT2D eigenvalue weighted by Gasteiger charge is 2.34. The number of aliphatic hydroxyl groups is 1. The zero-order chi connectivity index (χ0) is 20.7. The number of para-hydroxylation sites is 1. The van der Waals surface area contributed by atoms with Crippen molar-refractivity contribution in [2.45, 2.75) is 31.5 Å². The van der Waals surface area contributed by atoms with Crippen LogP contribution in [0.4, 0.5) is 0 Å². The summed E-state index contributed by atoms with van der Waals surface area (Å²) in [6.07, 6.45) is 5.41. The molecule has 1 saturated heterocycles. The summed E-state index contributed by atoms with van der Waals surface area (Å²) in [6, 6.07) is 19.8. The van der Waals surface area contributed by atoms with Crippen molar-refractivity contribution in [2.75, 3.05) is 26.3 Å². The molecule has 30 heavy (non-hydrogen) atoms. The molecular formula is C24H29N3O3. The van der Waals surface area contributed by atoms with E-state index in [1.807, 2.05) is 59.4 Å². The number of hydrogen-bond donors (Lipinski definition) is 1. The van der Waals surface area contributed by atoms with Gasteiger partial charge in [-0.3, -0.25) is 9.58 Å². The van der Waals surface area contributed by atoms with Crippen LogP contribution in [0.3, 0.4) is 0 Å². The highest BCUT2D eigenvalue weighted by molar-refractivity contribution is 5.28. The Morgan fingerprint density at radius 3 is 2.70 bits per heavy atom. The number of aromatic nitrogens is 2. The number of hydrogen-bond acceptors (Lipinski definition) is 5. The van der Waals surface area contributed by atoms with Crippen molar-refractivity contribution in [1.82, 2.24) is 14.7 Å². The molecule has 158 valence electrons. The maximum Gasteiger partial charge on any atom is 0.119 e. The van der Waals surface area contributed by atoms with Gasteiger partial charge in [0.2, 0.25) is 0 Å². The number of benzene rings is 2. The van der Waals surface area contributed by atoms with E-state index in [1.54, 1.807) is 6.20 Å². The Kier molecular flexibility index (Phi) is 6.67. The molecule has 1 aromatic heterocycles. The first-order valence-electron chi connectivity index (χ1n) is 10.5. The summed E-state index contributed by atoms with van der Waals surface area (Å²) in [5.74, 6) is 1.65. The Morgan fingerprint density at radius 2 is 1.87 bits per heavy atom. The van der Waals surface area contributed by atoms with Gasteiger partial charge in [0.05, 0.1) is 6.54 Å². The van der Waals surface area contributed by atoms with Gasteiger partial charge in [0.15, 0.2) is 0 Å². The van der Waals surface area contributed by atoms with Gasteiger partial charge >= 0.3 is 0 Å². The van der Waals surface area contributed by atoms with E-state index in [0.717, 1.165) is 44.0 Å². The topological polar surface area (TPSA) is 59.8 Å². The zero-order valence-electron chi connectivity index (χ0n) is 17.2. The fourth-order valence-electron chi connectivity index (χ4n) is 3.87. The molecular weight excluding hydrogens is 378 g/mol. The normalized spacial score (nSPS) is 19.5.